The van der Waals surface area contributed by atoms with Gasteiger partial charge in [0.2, 0.25) is 0 Å². The summed E-state index contributed by atoms with van der Waals surface area (Å²) in [6, 6.07) is 11.6. The van der Waals surface area contributed by atoms with Crippen molar-refractivity contribution >= 4 is 17.3 Å². The normalized spacial score (nSPS) is 15.1. The highest BCUT2D eigenvalue weighted by Crippen LogP contribution is 2.35. The van der Waals surface area contributed by atoms with E-state index in [0.29, 0.717) is 28.7 Å². The molecule has 160 valence electrons. The van der Waals surface area contributed by atoms with Crippen molar-refractivity contribution in [3.8, 4) is 5.75 Å². The third-order valence-electron chi connectivity index (χ3n) is 5.26. The molecule has 1 unspecified atom stereocenters. The number of amides is 1. The summed E-state index contributed by atoms with van der Waals surface area (Å²) in [5, 5.41) is 9.69. The van der Waals surface area contributed by atoms with E-state index in [9.17, 15) is 4.79 Å². The Morgan fingerprint density at radius 2 is 2.07 bits per heavy atom. The van der Waals surface area contributed by atoms with E-state index in [1.54, 1.807) is 18.2 Å². The lowest BCUT2D eigenvalue weighted by atomic mass is 10.00. The standard InChI is InChI=1S/C24H32N4O2/c1-15(2)30-23-11-8-17(14-21(23)25)24(29)28-16(3)18-6-5-7-20-19(18)9-10-22(20)27-13-12-26-4/h5-8,11,14-15,22,26-27H,3,9-10,12-13,25H2,1-2,4H3,(H,28,29). The molecule has 2 aromatic carbocycles. The Morgan fingerprint density at radius 1 is 1.27 bits per heavy atom. The predicted molar refractivity (Wildman–Crippen MR) is 123 cm³/mol. The molecule has 1 atom stereocenters. The molecule has 1 aliphatic carbocycles. The van der Waals surface area contributed by atoms with Crippen LogP contribution in [0, 0.1) is 0 Å². The number of nitrogen functional groups attached to an aromatic ring is 1. The first-order valence-corrected chi connectivity index (χ1v) is 10.5. The number of hydrogen-bond donors (Lipinski definition) is 4. The van der Waals surface area contributed by atoms with Crippen molar-refractivity contribution in [3.63, 3.8) is 0 Å². The first-order chi connectivity index (χ1) is 14.4. The number of ether oxygens (including phenoxy) is 1. The van der Waals surface area contributed by atoms with Crippen molar-refractivity contribution in [2.75, 3.05) is 25.9 Å². The number of nitrogens with one attached hydrogen (secondary N) is 3. The Balaban J connectivity index is 1.71. The maximum atomic E-state index is 12.8. The molecule has 6 heteroatoms. The summed E-state index contributed by atoms with van der Waals surface area (Å²) in [6.07, 6.45) is 2.03. The van der Waals surface area contributed by atoms with E-state index >= 15 is 0 Å². The molecule has 0 fully saturated rings. The van der Waals surface area contributed by atoms with Crippen LogP contribution in [0.3, 0.4) is 0 Å². The molecule has 30 heavy (non-hydrogen) atoms. The fourth-order valence-electron chi connectivity index (χ4n) is 3.85. The van der Waals surface area contributed by atoms with Gasteiger partial charge in [0, 0.05) is 36.0 Å². The van der Waals surface area contributed by atoms with Gasteiger partial charge in [0.05, 0.1) is 11.8 Å². The SMILES string of the molecule is C=C(NC(=O)c1ccc(OC(C)C)c(N)c1)c1cccc2c1CCC2NCCNC. The van der Waals surface area contributed by atoms with E-state index in [1.807, 2.05) is 33.0 Å². The maximum absolute atomic E-state index is 12.8. The quantitative estimate of drug-likeness (QED) is 0.378. The van der Waals surface area contributed by atoms with Gasteiger partial charge in [0.1, 0.15) is 5.75 Å². The second-order valence-corrected chi connectivity index (χ2v) is 7.87. The van der Waals surface area contributed by atoms with Gasteiger partial charge in [-0.2, -0.15) is 0 Å². The zero-order valence-corrected chi connectivity index (χ0v) is 18.0. The van der Waals surface area contributed by atoms with Gasteiger partial charge >= 0.3 is 0 Å². The smallest absolute Gasteiger partial charge is 0.255 e. The number of fused-ring (bicyclic) bond motifs is 1. The van der Waals surface area contributed by atoms with Crippen LogP contribution in [-0.2, 0) is 6.42 Å². The second-order valence-electron chi connectivity index (χ2n) is 7.87. The number of rotatable bonds is 9. The van der Waals surface area contributed by atoms with Gasteiger partial charge in [-0.1, -0.05) is 24.8 Å². The lowest BCUT2D eigenvalue weighted by Crippen LogP contribution is -2.27. The van der Waals surface area contributed by atoms with Crippen molar-refractivity contribution in [3.05, 3.63) is 65.2 Å². The highest BCUT2D eigenvalue weighted by Gasteiger charge is 2.25. The zero-order valence-electron chi connectivity index (χ0n) is 18.0. The van der Waals surface area contributed by atoms with E-state index in [1.165, 1.54) is 11.1 Å². The number of carbonyl (C=O) groups is 1. The van der Waals surface area contributed by atoms with Crippen LogP contribution < -0.4 is 26.4 Å². The lowest BCUT2D eigenvalue weighted by molar-refractivity contribution is 0.0974. The highest BCUT2D eigenvalue weighted by molar-refractivity contribution is 6.00. The van der Waals surface area contributed by atoms with Crippen molar-refractivity contribution in [1.29, 1.82) is 0 Å². The molecule has 0 saturated heterocycles. The van der Waals surface area contributed by atoms with Gasteiger partial charge in [0.15, 0.2) is 0 Å². The summed E-state index contributed by atoms with van der Waals surface area (Å²) in [6.45, 7) is 9.84. The van der Waals surface area contributed by atoms with E-state index in [4.69, 9.17) is 10.5 Å². The third kappa shape index (κ3) is 5.01. The van der Waals surface area contributed by atoms with Crippen LogP contribution in [0.25, 0.3) is 5.70 Å². The molecule has 6 nitrogen and oxygen atoms in total. The topological polar surface area (TPSA) is 88.4 Å². The molecule has 0 bridgehead atoms. The molecule has 0 aliphatic heterocycles. The van der Waals surface area contributed by atoms with E-state index in [-0.39, 0.29) is 12.0 Å². The van der Waals surface area contributed by atoms with Crippen molar-refractivity contribution < 1.29 is 9.53 Å². The van der Waals surface area contributed by atoms with Crippen LogP contribution in [0.4, 0.5) is 5.69 Å². The van der Waals surface area contributed by atoms with Gasteiger partial charge in [-0.15, -0.1) is 0 Å². The van der Waals surface area contributed by atoms with Crippen LogP contribution in [0.2, 0.25) is 0 Å². The molecule has 5 N–H and O–H groups in total. The van der Waals surface area contributed by atoms with Crippen LogP contribution in [-0.4, -0.2) is 32.1 Å². The average molecular weight is 409 g/mol. The minimum atomic E-state index is -0.234. The van der Waals surface area contributed by atoms with Crippen LogP contribution in [0.5, 0.6) is 5.75 Å². The van der Waals surface area contributed by atoms with Crippen molar-refractivity contribution in [1.82, 2.24) is 16.0 Å². The Hall–Kier alpha value is -2.83. The number of anilines is 1. The number of benzene rings is 2. The molecule has 1 amide bonds. The molecule has 0 heterocycles. The predicted octanol–water partition coefficient (Wildman–Crippen LogP) is 3.25. The van der Waals surface area contributed by atoms with E-state index in [0.717, 1.165) is 31.5 Å². The number of carbonyl (C=O) groups excluding carboxylic acids is 1. The highest BCUT2D eigenvalue weighted by atomic mass is 16.5. The van der Waals surface area contributed by atoms with Gasteiger partial charge in [0.25, 0.3) is 5.91 Å². The van der Waals surface area contributed by atoms with Crippen LogP contribution in [0.1, 0.15) is 53.4 Å². The van der Waals surface area contributed by atoms with Gasteiger partial charge in [-0.05, 0) is 63.1 Å². The molecule has 3 rings (SSSR count). The third-order valence-corrected chi connectivity index (χ3v) is 5.26. The summed E-state index contributed by atoms with van der Waals surface area (Å²) < 4.78 is 5.64. The molecule has 0 aromatic heterocycles. The minimum absolute atomic E-state index is 0.0171. The van der Waals surface area contributed by atoms with Crippen molar-refractivity contribution in [2.24, 2.45) is 0 Å². The van der Waals surface area contributed by atoms with Gasteiger partial charge < -0.3 is 26.4 Å². The van der Waals surface area contributed by atoms with E-state index in [2.05, 4.69) is 28.6 Å². The number of hydrogen-bond acceptors (Lipinski definition) is 5. The number of nitrogens with two attached hydrogens (primary N) is 1. The Morgan fingerprint density at radius 3 is 2.77 bits per heavy atom. The average Bonchev–Trinajstić information content (AvgIpc) is 3.12. The molecule has 0 saturated carbocycles. The molecular formula is C24H32N4O2. The van der Waals surface area contributed by atoms with Crippen LogP contribution >= 0.6 is 0 Å². The summed E-state index contributed by atoms with van der Waals surface area (Å²) in [5.74, 6) is 0.347. The molecule has 0 spiro atoms. The fraction of sp³-hybridized carbons (Fsp3) is 0.375. The fourth-order valence-corrected chi connectivity index (χ4v) is 3.85. The molecule has 1 aliphatic rings. The van der Waals surface area contributed by atoms with Gasteiger partial charge in [-0.25, -0.2) is 0 Å². The maximum Gasteiger partial charge on any atom is 0.255 e. The Labute approximate surface area is 178 Å². The Bertz CT molecular complexity index is 923. The summed E-state index contributed by atoms with van der Waals surface area (Å²) in [7, 11) is 1.95. The summed E-state index contributed by atoms with van der Waals surface area (Å²) in [5.41, 5.74) is 11.1. The first-order valence-electron chi connectivity index (χ1n) is 10.5. The van der Waals surface area contributed by atoms with E-state index < -0.39 is 0 Å². The number of likely N-dealkylation sites (N-methyl/N-ethyl adjacent to an activating group) is 1. The molecule has 0 radical (unpaired) electrons. The summed E-state index contributed by atoms with van der Waals surface area (Å²) in [4.78, 5) is 12.8. The van der Waals surface area contributed by atoms with Crippen LogP contribution in [0.15, 0.2) is 43.0 Å². The second kappa shape index (κ2) is 9.78. The Kier molecular flexibility index (Phi) is 7.13. The minimum Gasteiger partial charge on any atom is -0.489 e. The van der Waals surface area contributed by atoms with Crippen molar-refractivity contribution in [2.45, 2.75) is 38.8 Å². The molecular weight excluding hydrogens is 376 g/mol. The monoisotopic (exact) mass is 408 g/mol. The first kappa shape index (κ1) is 21.9. The zero-order chi connectivity index (χ0) is 21.7. The summed E-state index contributed by atoms with van der Waals surface area (Å²) >= 11 is 0. The van der Waals surface area contributed by atoms with Gasteiger partial charge in [-0.3, -0.25) is 4.79 Å². The lowest BCUT2D eigenvalue weighted by Gasteiger charge is -2.16. The largest absolute Gasteiger partial charge is 0.489 e. The molecule has 2 aromatic rings.